The van der Waals surface area contributed by atoms with Gasteiger partial charge in [0.25, 0.3) is 5.91 Å². The molecule has 0 spiro atoms. The second-order valence-corrected chi connectivity index (χ2v) is 5.05. The lowest BCUT2D eigenvalue weighted by atomic mass is 9.92. The molecule has 3 N–H and O–H groups in total. The number of carbonyl (C=O) groups excluding carboxylic acids is 1. The molecule has 6 heteroatoms. The van der Waals surface area contributed by atoms with Crippen molar-refractivity contribution in [1.29, 1.82) is 0 Å². The largest absolute Gasteiger partial charge is 0.489 e. The smallest absolute Gasteiger partial charge is 0.250 e. The van der Waals surface area contributed by atoms with E-state index < -0.39 is 17.3 Å². The third-order valence-electron chi connectivity index (χ3n) is 3.51. The number of halogens is 1. The van der Waals surface area contributed by atoms with Gasteiger partial charge in [0.05, 0.1) is 0 Å². The lowest BCUT2D eigenvalue weighted by molar-refractivity contribution is -0.142. The van der Waals surface area contributed by atoms with Gasteiger partial charge in [-0.1, -0.05) is 12.1 Å². The fourth-order valence-electron chi connectivity index (χ4n) is 2.36. The average Bonchev–Trinajstić information content (AvgIpc) is 2.41. The number of rotatable bonds is 5. The molecular weight excluding hydrogens is 263 g/mol. The van der Waals surface area contributed by atoms with E-state index in [4.69, 9.17) is 10.5 Å². The molecule has 0 saturated carbocycles. The summed E-state index contributed by atoms with van der Waals surface area (Å²) in [5, 5.41) is 10.1. The van der Waals surface area contributed by atoms with Crippen LogP contribution in [0, 0.1) is 5.82 Å². The number of para-hydroxylation sites is 1. The Kier molecular flexibility index (Phi) is 4.57. The summed E-state index contributed by atoms with van der Waals surface area (Å²) < 4.78 is 18.7. The van der Waals surface area contributed by atoms with Crippen LogP contribution in [-0.4, -0.2) is 47.8 Å². The van der Waals surface area contributed by atoms with Gasteiger partial charge >= 0.3 is 0 Å². The van der Waals surface area contributed by atoms with Gasteiger partial charge in [-0.15, -0.1) is 0 Å². The van der Waals surface area contributed by atoms with E-state index in [2.05, 4.69) is 0 Å². The van der Waals surface area contributed by atoms with E-state index in [1.165, 1.54) is 6.07 Å². The molecule has 1 aromatic rings. The van der Waals surface area contributed by atoms with Crippen LogP contribution >= 0.6 is 0 Å². The summed E-state index contributed by atoms with van der Waals surface area (Å²) >= 11 is 0. The predicted molar refractivity (Wildman–Crippen MR) is 71.7 cm³/mol. The summed E-state index contributed by atoms with van der Waals surface area (Å²) in [4.78, 5) is 13.1. The third kappa shape index (κ3) is 3.46. The van der Waals surface area contributed by atoms with Crippen LogP contribution in [0.15, 0.2) is 24.3 Å². The maximum atomic E-state index is 13.3. The number of carbonyl (C=O) groups is 1. The van der Waals surface area contributed by atoms with Crippen LogP contribution in [0.1, 0.15) is 12.8 Å². The highest BCUT2D eigenvalue weighted by Gasteiger charge is 2.38. The zero-order chi connectivity index (χ0) is 14.6. The lowest BCUT2D eigenvalue weighted by Crippen LogP contribution is -2.56. The number of ether oxygens (including phenoxy) is 1. The number of nitrogens with zero attached hydrogens (tertiary/aromatic N) is 1. The van der Waals surface area contributed by atoms with Gasteiger partial charge in [0, 0.05) is 13.1 Å². The van der Waals surface area contributed by atoms with Crippen molar-refractivity contribution in [3.63, 3.8) is 0 Å². The highest BCUT2D eigenvalue weighted by atomic mass is 19.1. The summed E-state index contributed by atoms with van der Waals surface area (Å²) in [6, 6.07) is 6.19. The fraction of sp³-hybridized carbons (Fsp3) is 0.500. The Labute approximate surface area is 117 Å². The summed E-state index contributed by atoms with van der Waals surface area (Å²) in [5.74, 6) is -0.897. The number of hydrogen-bond donors (Lipinski definition) is 2. The van der Waals surface area contributed by atoms with Crippen molar-refractivity contribution >= 4 is 5.91 Å². The molecule has 2 rings (SSSR count). The van der Waals surface area contributed by atoms with Gasteiger partial charge in [-0.25, -0.2) is 4.39 Å². The van der Waals surface area contributed by atoms with Crippen LogP contribution < -0.4 is 10.5 Å². The number of nitrogens with two attached hydrogens (primary N) is 1. The number of aliphatic hydroxyl groups is 1. The molecule has 0 unspecified atom stereocenters. The maximum Gasteiger partial charge on any atom is 0.250 e. The second-order valence-electron chi connectivity index (χ2n) is 5.05. The van der Waals surface area contributed by atoms with E-state index in [0.29, 0.717) is 19.4 Å². The third-order valence-corrected chi connectivity index (χ3v) is 3.51. The summed E-state index contributed by atoms with van der Waals surface area (Å²) in [6.45, 7) is 1.75. The summed E-state index contributed by atoms with van der Waals surface area (Å²) in [7, 11) is 0. The Bertz CT molecular complexity index is 483. The van der Waals surface area contributed by atoms with Crippen LogP contribution in [0.2, 0.25) is 0 Å². The van der Waals surface area contributed by atoms with Gasteiger partial charge in [-0.3, -0.25) is 9.69 Å². The Balaban J connectivity index is 1.83. The van der Waals surface area contributed by atoms with E-state index in [1.54, 1.807) is 18.2 Å². The Morgan fingerprint density at radius 1 is 1.50 bits per heavy atom. The Hall–Kier alpha value is -1.66. The van der Waals surface area contributed by atoms with Gasteiger partial charge in [-0.05, 0) is 31.5 Å². The Morgan fingerprint density at radius 3 is 2.95 bits per heavy atom. The first kappa shape index (κ1) is 14.7. The van der Waals surface area contributed by atoms with Crippen molar-refractivity contribution in [3.05, 3.63) is 30.1 Å². The van der Waals surface area contributed by atoms with E-state index in [0.717, 1.165) is 6.54 Å². The second kappa shape index (κ2) is 6.19. The van der Waals surface area contributed by atoms with E-state index in [1.807, 2.05) is 4.90 Å². The van der Waals surface area contributed by atoms with Gasteiger partial charge in [0.1, 0.15) is 6.61 Å². The maximum absolute atomic E-state index is 13.3. The molecule has 0 bridgehead atoms. The number of piperidine rings is 1. The number of hydrogen-bond acceptors (Lipinski definition) is 4. The fourth-order valence-corrected chi connectivity index (χ4v) is 2.36. The quantitative estimate of drug-likeness (QED) is 0.825. The van der Waals surface area contributed by atoms with Crippen molar-refractivity contribution in [3.8, 4) is 5.75 Å². The topological polar surface area (TPSA) is 75.8 Å². The van der Waals surface area contributed by atoms with Gasteiger partial charge < -0.3 is 15.6 Å². The summed E-state index contributed by atoms with van der Waals surface area (Å²) in [6.07, 6.45) is 1.08. The molecule has 0 aliphatic carbocycles. The first-order valence-electron chi connectivity index (χ1n) is 6.63. The van der Waals surface area contributed by atoms with Crippen molar-refractivity contribution in [2.45, 2.75) is 18.4 Å². The molecule has 1 amide bonds. The predicted octanol–water partition coefficient (Wildman–Crippen LogP) is 0.517. The lowest BCUT2D eigenvalue weighted by Gasteiger charge is -2.36. The minimum Gasteiger partial charge on any atom is -0.489 e. The molecule has 20 heavy (non-hydrogen) atoms. The van der Waals surface area contributed by atoms with Crippen LogP contribution in [-0.2, 0) is 4.79 Å². The highest BCUT2D eigenvalue weighted by Crippen LogP contribution is 2.21. The monoisotopic (exact) mass is 282 g/mol. The number of β-amino-alcohol motifs (C(OH)–C–C–N with tert-alkyl or cyclic N) is 1. The van der Waals surface area contributed by atoms with Crippen molar-refractivity contribution in [2.24, 2.45) is 5.73 Å². The van der Waals surface area contributed by atoms with Crippen molar-refractivity contribution < 1.29 is 19.0 Å². The van der Waals surface area contributed by atoms with E-state index in [-0.39, 0.29) is 18.9 Å². The molecule has 1 atom stereocenters. The number of likely N-dealkylation sites (tertiary alicyclic amines) is 1. The molecule has 1 heterocycles. The molecular formula is C14H19FN2O3. The molecule has 1 saturated heterocycles. The minimum atomic E-state index is -1.46. The van der Waals surface area contributed by atoms with Crippen LogP contribution in [0.4, 0.5) is 4.39 Å². The zero-order valence-corrected chi connectivity index (χ0v) is 11.2. The van der Waals surface area contributed by atoms with E-state index >= 15 is 0 Å². The van der Waals surface area contributed by atoms with Gasteiger partial charge in [0.2, 0.25) is 0 Å². The molecule has 110 valence electrons. The highest BCUT2D eigenvalue weighted by molar-refractivity contribution is 5.83. The van der Waals surface area contributed by atoms with E-state index in [9.17, 15) is 14.3 Å². The van der Waals surface area contributed by atoms with Crippen LogP contribution in [0.3, 0.4) is 0 Å². The minimum absolute atomic E-state index is 0.197. The van der Waals surface area contributed by atoms with Crippen LogP contribution in [0.25, 0.3) is 0 Å². The average molecular weight is 282 g/mol. The standard InChI is InChI=1S/C14H19FN2O3/c15-11-4-1-2-5-12(11)20-9-8-17-7-3-6-14(19,10-17)13(16)18/h1-2,4-5,19H,3,6-10H2,(H2,16,18)/t14-/m1/s1. The molecule has 0 aromatic heterocycles. The summed E-state index contributed by atoms with van der Waals surface area (Å²) in [5.41, 5.74) is 3.74. The Morgan fingerprint density at radius 2 is 2.25 bits per heavy atom. The van der Waals surface area contributed by atoms with Crippen molar-refractivity contribution in [2.75, 3.05) is 26.2 Å². The number of benzene rings is 1. The van der Waals surface area contributed by atoms with Crippen LogP contribution in [0.5, 0.6) is 5.75 Å². The number of amides is 1. The molecule has 1 aromatic carbocycles. The van der Waals surface area contributed by atoms with Gasteiger partial charge in [0.15, 0.2) is 17.2 Å². The first-order chi connectivity index (χ1) is 9.51. The first-order valence-corrected chi connectivity index (χ1v) is 6.63. The molecule has 1 aliphatic heterocycles. The molecule has 5 nitrogen and oxygen atoms in total. The molecule has 1 fully saturated rings. The SMILES string of the molecule is NC(=O)[C@@]1(O)CCCN(CCOc2ccccc2F)C1. The van der Waals surface area contributed by atoms with Gasteiger partial charge in [-0.2, -0.15) is 0 Å². The molecule has 1 aliphatic rings. The number of primary amides is 1. The zero-order valence-electron chi connectivity index (χ0n) is 11.2. The normalized spacial score (nSPS) is 23.5. The van der Waals surface area contributed by atoms with Crippen molar-refractivity contribution in [1.82, 2.24) is 4.90 Å². The molecule has 0 radical (unpaired) electrons.